The minimum Gasteiger partial charge on any atom is -0.351 e. The number of rotatable bonds is 6. The number of pyridine rings is 1. The topological polar surface area (TPSA) is 42.0 Å². The predicted octanol–water partition coefficient (Wildman–Crippen LogP) is 4.37. The predicted molar refractivity (Wildman–Crippen MR) is 97.5 cm³/mol. The van der Waals surface area contributed by atoms with Crippen molar-refractivity contribution in [2.24, 2.45) is 0 Å². The van der Waals surface area contributed by atoms with E-state index in [0.29, 0.717) is 6.54 Å². The molecule has 1 heterocycles. The Morgan fingerprint density at radius 2 is 1.72 bits per heavy atom. The normalized spacial score (nSPS) is 11.7. The standard InChI is InChI=1S/C20H17FN2OS/c21-17-11-9-15(10-12-17)14-23-20(24)19(16-6-2-1-3-7-16)25-18-8-4-5-13-22-18/h1-13,19H,14H2,(H,23,24). The van der Waals surface area contributed by atoms with Gasteiger partial charge >= 0.3 is 0 Å². The Balaban J connectivity index is 1.74. The second-order valence-electron chi connectivity index (χ2n) is 5.42. The van der Waals surface area contributed by atoms with Crippen molar-refractivity contribution in [3.05, 3.63) is 95.9 Å². The summed E-state index contributed by atoms with van der Waals surface area (Å²) in [7, 11) is 0. The molecule has 1 atom stereocenters. The molecule has 0 bridgehead atoms. The fraction of sp³-hybridized carbons (Fsp3) is 0.100. The summed E-state index contributed by atoms with van der Waals surface area (Å²) < 4.78 is 13.0. The summed E-state index contributed by atoms with van der Waals surface area (Å²) >= 11 is 1.40. The van der Waals surface area contributed by atoms with E-state index in [1.54, 1.807) is 18.3 Å². The Labute approximate surface area is 150 Å². The van der Waals surface area contributed by atoms with Gasteiger partial charge in [0.25, 0.3) is 0 Å². The quantitative estimate of drug-likeness (QED) is 0.670. The number of amides is 1. The molecule has 2 aromatic carbocycles. The summed E-state index contributed by atoms with van der Waals surface area (Å²) in [4.78, 5) is 17.1. The number of carbonyl (C=O) groups excluding carboxylic acids is 1. The Bertz CT molecular complexity index is 810. The summed E-state index contributed by atoms with van der Waals surface area (Å²) in [6.45, 7) is 0.352. The van der Waals surface area contributed by atoms with E-state index in [0.717, 1.165) is 16.2 Å². The van der Waals surface area contributed by atoms with Crippen LogP contribution in [0.1, 0.15) is 16.4 Å². The van der Waals surface area contributed by atoms with Crippen molar-refractivity contribution < 1.29 is 9.18 Å². The zero-order valence-corrected chi connectivity index (χ0v) is 14.2. The van der Waals surface area contributed by atoms with Crippen molar-refractivity contribution >= 4 is 17.7 Å². The van der Waals surface area contributed by atoms with Crippen LogP contribution in [0, 0.1) is 5.82 Å². The molecule has 126 valence electrons. The first-order chi connectivity index (χ1) is 12.2. The third-order valence-corrected chi connectivity index (χ3v) is 4.80. The van der Waals surface area contributed by atoms with Gasteiger partial charge in [0.05, 0.1) is 5.03 Å². The SMILES string of the molecule is O=C(NCc1ccc(F)cc1)C(Sc1ccccn1)c1ccccc1. The van der Waals surface area contributed by atoms with Gasteiger partial charge in [0.2, 0.25) is 5.91 Å². The van der Waals surface area contributed by atoms with Crippen molar-refractivity contribution in [2.45, 2.75) is 16.8 Å². The molecule has 0 aliphatic carbocycles. The Morgan fingerprint density at radius 1 is 1.00 bits per heavy atom. The van der Waals surface area contributed by atoms with Crippen molar-refractivity contribution in [3.63, 3.8) is 0 Å². The highest BCUT2D eigenvalue weighted by Gasteiger charge is 2.22. The summed E-state index contributed by atoms with van der Waals surface area (Å²) in [6, 6.07) is 21.3. The van der Waals surface area contributed by atoms with E-state index in [-0.39, 0.29) is 11.7 Å². The minimum atomic E-state index is -0.406. The molecule has 1 N–H and O–H groups in total. The van der Waals surface area contributed by atoms with Gasteiger partial charge in [-0.25, -0.2) is 9.37 Å². The lowest BCUT2D eigenvalue weighted by atomic mass is 10.1. The Kier molecular flexibility index (Phi) is 5.80. The lowest BCUT2D eigenvalue weighted by molar-refractivity contribution is -0.120. The summed E-state index contributed by atoms with van der Waals surface area (Å²) in [5.74, 6) is -0.394. The smallest absolute Gasteiger partial charge is 0.238 e. The number of halogens is 1. The molecule has 3 rings (SSSR count). The van der Waals surface area contributed by atoms with Crippen LogP contribution in [0.25, 0.3) is 0 Å². The molecule has 1 aromatic heterocycles. The Hall–Kier alpha value is -2.66. The minimum absolute atomic E-state index is 0.105. The van der Waals surface area contributed by atoms with Gasteiger partial charge in [0.1, 0.15) is 11.1 Å². The molecule has 0 aliphatic heterocycles. The molecule has 3 nitrogen and oxygen atoms in total. The number of aromatic nitrogens is 1. The summed E-state index contributed by atoms with van der Waals surface area (Å²) in [5.41, 5.74) is 1.76. The summed E-state index contributed by atoms with van der Waals surface area (Å²) in [6.07, 6.45) is 1.71. The second kappa shape index (κ2) is 8.44. The van der Waals surface area contributed by atoms with Crippen molar-refractivity contribution in [3.8, 4) is 0 Å². The van der Waals surface area contributed by atoms with Crippen LogP contribution in [0.3, 0.4) is 0 Å². The fourth-order valence-corrected chi connectivity index (χ4v) is 3.33. The average Bonchev–Trinajstić information content (AvgIpc) is 2.67. The van der Waals surface area contributed by atoms with Crippen molar-refractivity contribution in [1.82, 2.24) is 10.3 Å². The van der Waals surface area contributed by atoms with Crippen LogP contribution >= 0.6 is 11.8 Å². The van der Waals surface area contributed by atoms with Gasteiger partial charge in [-0.15, -0.1) is 0 Å². The van der Waals surface area contributed by atoms with Crippen LogP contribution in [-0.4, -0.2) is 10.9 Å². The summed E-state index contributed by atoms with van der Waals surface area (Å²) in [5, 5.41) is 3.31. The number of hydrogen-bond acceptors (Lipinski definition) is 3. The average molecular weight is 352 g/mol. The van der Waals surface area contributed by atoms with Crippen LogP contribution in [0.2, 0.25) is 0 Å². The van der Waals surface area contributed by atoms with Gasteiger partial charge in [0.15, 0.2) is 0 Å². The number of nitrogens with one attached hydrogen (secondary N) is 1. The Morgan fingerprint density at radius 3 is 2.40 bits per heavy atom. The van der Waals surface area contributed by atoms with Gasteiger partial charge < -0.3 is 5.32 Å². The zero-order chi connectivity index (χ0) is 17.5. The van der Waals surface area contributed by atoms with Gasteiger partial charge in [-0.2, -0.15) is 0 Å². The molecule has 0 fully saturated rings. The first-order valence-electron chi connectivity index (χ1n) is 7.87. The van der Waals surface area contributed by atoms with E-state index in [9.17, 15) is 9.18 Å². The van der Waals surface area contributed by atoms with E-state index in [1.165, 1.54) is 23.9 Å². The molecule has 0 saturated carbocycles. The highest BCUT2D eigenvalue weighted by Crippen LogP contribution is 2.34. The molecule has 0 spiro atoms. The highest BCUT2D eigenvalue weighted by molar-refractivity contribution is 8.00. The second-order valence-corrected chi connectivity index (χ2v) is 6.55. The monoisotopic (exact) mass is 352 g/mol. The van der Waals surface area contributed by atoms with E-state index in [2.05, 4.69) is 10.3 Å². The first kappa shape index (κ1) is 17.2. The molecular formula is C20H17FN2OS. The third-order valence-electron chi connectivity index (χ3n) is 3.60. The number of carbonyl (C=O) groups is 1. The van der Waals surface area contributed by atoms with Crippen LogP contribution in [-0.2, 0) is 11.3 Å². The number of hydrogen-bond donors (Lipinski definition) is 1. The number of nitrogens with zero attached hydrogens (tertiary/aromatic N) is 1. The molecule has 3 aromatic rings. The molecule has 0 saturated heterocycles. The molecular weight excluding hydrogens is 335 g/mol. The molecule has 25 heavy (non-hydrogen) atoms. The van der Waals surface area contributed by atoms with Crippen LogP contribution in [0.15, 0.2) is 84.0 Å². The first-order valence-corrected chi connectivity index (χ1v) is 8.75. The van der Waals surface area contributed by atoms with E-state index < -0.39 is 5.25 Å². The lowest BCUT2D eigenvalue weighted by Gasteiger charge is -2.16. The van der Waals surface area contributed by atoms with E-state index in [4.69, 9.17) is 0 Å². The zero-order valence-electron chi connectivity index (χ0n) is 13.4. The van der Waals surface area contributed by atoms with Crippen molar-refractivity contribution in [2.75, 3.05) is 0 Å². The maximum absolute atomic E-state index is 13.0. The fourth-order valence-electron chi connectivity index (χ4n) is 2.32. The van der Waals surface area contributed by atoms with Crippen LogP contribution < -0.4 is 5.32 Å². The van der Waals surface area contributed by atoms with E-state index >= 15 is 0 Å². The molecule has 5 heteroatoms. The van der Waals surface area contributed by atoms with Crippen molar-refractivity contribution in [1.29, 1.82) is 0 Å². The lowest BCUT2D eigenvalue weighted by Crippen LogP contribution is -2.27. The highest BCUT2D eigenvalue weighted by atomic mass is 32.2. The molecule has 0 radical (unpaired) electrons. The maximum Gasteiger partial charge on any atom is 0.238 e. The third kappa shape index (κ3) is 4.90. The van der Waals surface area contributed by atoms with Crippen LogP contribution in [0.4, 0.5) is 4.39 Å². The largest absolute Gasteiger partial charge is 0.351 e. The van der Waals surface area contributed by atoms with Gasteiger partial charge in [0, 0.05) is 12.7 Å². The van der Waals surface area contributed by atoms with Crippen LogP contribution in [0.5, 0.6) is 0 Å². The van der Waals surface area contributed by atoms with Gasteiger partial charge in [-0.1, -0.05) is 60.3 Å². The molecule has 1 amide bonds. The number of thioether (sulfide) groups is 1. The number of benzene rings is 2. The van der Waals surface area contributed by atoms with Gasteiger partial charge in [-0.05, 0) is 35.4 Å². The molecule has 0 aliphatic rings. The van der Waals surface area contributed by atoms with Gasteiger partial charge in [-0.3, -0.25) is 4.79 Å². The maximum atomic E-state index is 13.0. The van der Waals surface area contributed by atoms with E-state index in [1.807, 2.05) is 48.5 Å². The molecule has 1 unspecified atom stereocenters.